The summed E-state index contributed by atoms with van der Waals surface area (Å²) in [6.07, 6.45) is 1.71. The lowest BCUT2D eigenvalue weighted by Crippen LogP contribution is -2.37. The SMILES string of the molecule is O=C(NCCN1C(=O)SC(=Cc2cccs2)C1=O)c1ccccc1Oc1ccccc1. The number of nitrogens with zero attached hydrogens (tertiary/aromatic N) is 1. The summed E-state index contributed by atoms with van der Waals surface area (Å²) in [7, 11) is 0. The zero-order chi connectivity index (χ0) is 21.6. The van der Waals surface area contributed by atoms with E-state index in [4.69, 9.17) is 4.74 Å². The normalized spacial score (nSPS) is 14.8. The highest BCUT2D eigenvalue weighted by Crippen LogP contribution is 2.32. The van der Waals surface area contributed by atoms with E-state index >= 15 is 0 Å². The van der Waals surface area contributed by atoms with Crippen molar-refractivity contribution in [2.75, 3.05) is 13.1 Å². The van der Waals surface area contributed by atoms with Gasteiger partial charge >= 0.3 is 0 Å². The van der Waals surface area contributed by atoms with Crippen molar-refractivity contribution in [1.82, 2.24) is 10.2 Å². The number of amides is 3. The number of imide groups is 1. The summed E-state index contributed by atoms with van der Waals surface area (Å²) in [6, 6.07) is 19.9. The zero-order valence-electron chi connectivity index (χ0n) is 16.3. The summed E-state index contributed by atoms with van der Waals surface area (Å²) in [4.78, 5) is 39.9. The monoisotopic (exact) mass is 450 g/mol. The third-order valence-electron chi connectivity index (χ3n) is 4.41. The Morgan fingerprint density at radius 2 is 1.77 bits per heavy atom. The van der Waals surface area contributed by atoms with Crippen LogP contribution in [-0.4, -0.2) is 35.0 Å². The largest absolute Gasteiger partial charge is 0.457 e. The number of thiophene rings is 1. The Kier molecular flexibility index (Phi) is 6.49. The van der Waals surface area contributed by atoms with Gasteiger partial charge in [0, 0.05) is 18.0 Å². The van der Waals surface area contributed by atoms with E-state index in [1.807, 2.05) is 35.7 Å². The molecular formula is C23H18N2O4S2. The van der Waals surface area contributed by atoms with Gasteiger partial charge in [-0.3, -0.25) is 19.3 Å². The highest BCUT2D eigenvalue weighted by molar-refractivity contribution is 8.18. The first kappa shape index (κ1) is 20.9. The molecule has 4 rings (SSSR count). The van der Waals surface area contributed by atoms with E-state index in [2.05, 4.69) is 5.32 Å². The molecule has 0 spiro atoms. The van der Waals surface area contributed by atoms with Crippen molar-refractivity contribution < 1.29 is 19.1 Å². The van der Waals surface area contributed by atoms with Crippen LogP contribution in [-0.2, 0) is 4.79 Å². The van der Waals surface area contributed by atoms with E-state index < -0.39 is 0 Å². The first-order valence-electron chi connectivity index (χ1n) is 9.51. The molecule has 1 aliphatic rings. The second-order valence-electron chi connectivity index (χ2n) is 6.52. The first-order chi connectivity index (χ1) is 15.1. The summed E-state index contributed by atoms with van der Waals surface area (Å²) in [5.41, 5.74) is 0.373. The summed E-state index contributed by atoms with van der Waals surface area (Å²) >= 11 is 2.41. The van der Waals surface area contributed by atoms with Crippen molar-refractivity contribution in [2.45, 2.75) is 0 Å². The number of thioether (sulfide) groups is 1. The third kappa shape index (κ3) is 5.04. The van der Waals surface area contributed by atoms with Crippen LogP contribution >= 0.6 is 23.1 Å². The number of para-hydroxylation sites is 2. The van der Waals surface area contributed by atoms with Gasteiger partial charge in [-0.1, -0.05) is 36.4 Å². The quantitative estimate of drug-likeness (QED) is 0.512. The van der Waals surface area contributed by atoms with Crippen molar-refractivity contribution in [2.24, 2.45) is 0 Å². The fourth-order valence-electron chi connectivity index (χ4n) is 2.93. The van der Waals surface area contributed by atoms with Gasteiger partial charge in [-0.15, -0.1) is 11.3 Å². The number of nitrogens with one attached hydrogen (secondary N) is 1. The van der Waals surface area contributed by atoms with Crippen LogP contribution in [0.15, 0.2) is 77.0 Å². The minimum absolute atomic E-state index is 0.0971. The van der Waals surface area contributed by atoms with Crippen LogP contribution in [0.5, 0.6) is 11.5 Å². The topological polar surface area (TPSA) is 75.7 Å². The third-order valence-corrected chi connectivity index (χ3v) is 6.14. The van der Waals surface area contributed by atoms with Crippen LogP contribution < -0.4 is 10.1 Å². The second-order valence-corrected chi connectivity index (χ2v) is 8.49. The molecule has 1 fully saturated rings. The molecular weight excluding hydrogens is 432 g/mol. The maximum absolute atomic E-state index is 12.7. The molecule has 2 aromatic carbocycles. The molecule has 0 bridgehead atoms. The predicted molar refractivity (Wildman–Crippen MR) is 122 cm³/mol. The maximum atomic E-state index is 12.7. The van der Waals surface area contributed by atoms with Gasteiger partial charge in [-0.25, -0.2) is 0 Å². The molecule has 3 aromatic rings. The van der Waals surface area contributed by atoms with Crippen LogP contribution in [0.3, 0.4) is 0 Å². The lowest BCUT2D eigenvalue weighted by atomic mass is 10.2. The number of hydrogen-bond donors (Lipinski definition) is 1. The lowest BCUT2D eigenvalue weighted by Gasteiger charge is -2.14. The molecule has 0 atom stereocenters. The van der Waals surface area contributed by atoms with Gasteiger partial charge in [0.1, 0.15) is 11.5 Å². The van der Waals surface area contributed by atoms with Crippen LogP contribution in [0, 0.1) is 0 Å². The maximum Gasteiger partial charge on any atom is 0.293 e. The number of carbonyl (C=O) groups is 3. The number of rotatable bonds is 7. The van der Waals surface area contributed by atoms with E-state index in [1.54, 1.807) is 42.5 Å². The standard InChI is InChI=1S/C23H18N2O4S2/c26-21(18-10-4-5-11-19(18)29-16-7-2-1-3-8-16)24-12-13-25-22(27)20(31-23(25)28)15-17-9-6-14-30-17/h1-11,14-15H,12-13H2,(H,24,26). The summed E-state index contributed by atoms with van der Waals surface area (Å²) < 4.78 is 5.82. The predicted octanol–water partition coefficient (Wildman–Crippen LogP) is 5.01. The van der Waals surface area contributed by atoms with Crippen molar-refractivity contribution in [1.29, 1.82) is 0 Å². The van der Waals surface area contributed by atoms with Crippen molar-refractivity contribution >= 4 is 46.2 Å². The molecule has 31 heavy (non-hydrogen) atoms. The molecule has 1 saturated heterocycles. The minimum atomic E-state index is -0.342. The van der Waals surface area contributed by atoms with Gasteiger partial charge in [0.25, 0.3) is 17.1 Å². The molecule has 6 nitrogen and oxygen atoms in total. The van der Waals surface area contributed by atoms with Crippen molar-refractivity contribution in [3.05, 3.63) is 87.5 Å². The summed E-state index contributed by atoms with van der Waals surface area (Å²) in [5.74, 6) is 0.368. The molecule has 156 valence electrons. The molecule has 1 N–H and O–H groups in total. The molecule has 2 heterocycles. The molecule has 0 unspecified atom stereocenters. The van der Waals surface area contributed by atoms with Gasteiger partial charge in [0.15, 0.2) is 0 Å². The molecule has 0 saturated carbocycles. The van der Waals surface area contributed by atoms with Gasteiger partial charge in [0.05, 0.1) is 10.5 Å². The molecule has 3 amide bonds. The van der Waals surface area contributed by atoms with E-state index in [1.165, 1.54) is 11.3 Å². The molecule has 0 radical (unpaired) electrons. The fraction of sp³-hybridized carbons (Fsp3) is 0.0870. The van der Waals surface area contributed by atoms with Crippen LogP contribution in [0.2, 0.25) is 0 Å². The number of carbonyl (C=O) groups excluding carboxylic acids is 3. The van der Waals surface area contributed by atoms with Gasteiger partial charge in [-0.05, 0) is 53.5 Å². The number of ether oxygens (including phenoxy) is 1. The van der Waals surface area contributed by atoms with Gasteiger partial charge in [-0.2, -0.15) is 0 Å². The van der Waals surface area contributed by atoms with Gasteiger partial charge < -0.3 is 10.1 Å². The Balaban J connectivity index is 1.37. The first-order valence-corrected chi connectivity index (χ1v) is 11.2. The smallest absolute Gasteiger partial charge is 0.293 e. The van der Waals surface area contributed by atoms with E-state index in [9.17, 15) is 14.4 Å². The Hall–Kier alpha value is -3.36. The summed E-state index contributed by atoms with van der Waals surface area (Å²) in [5, 5.41) is 4.33. The Morgan fingerprint density at radius 3 is 2.55 bits per heavy atom. The average Bonchev–Trinajstić information content (AvgIpc) is 3.38. The fourth-order valence-corrected chi connectivity index (χ4v) is 4.52. The molecule has 8 heteroatoms. The Labute approximate surface area is 187 Å². The van der Waals surface area contributed by atoms with Crippen molar-refractivity contribution in [3.8, 4) is 11.5 Å². The molecule has 1 aliphatic heterocycles. The summed E-state index contributed by atoms with van der Waals surface area (Å²) in [6.45, 7) is 0.239. The minimum Gasteiger partial charge on any atom is -0.457 e. The number of hydrogen-bond acceptors (Lipinski definition) is 6. The Bertz CT molecular complexity index is 1130. The van der Waals surface area contributed by atoms with E-state index in [-0.39, 0.29) is 30.1 Å². The van der Waals surface area contributed by atoms with E-state index in [0.29, 0.717) is 22.0 Å². The highest BCUT2D eigenvalue weighted by atomic mass is 32.2. The van der Waals surface area contributed by atoms with Crippen LogP contribution in [0.4, 0.5) is 4.79 Å². The van der Waals surface area contributed by atoms with Crippen LogP contribution in [0.1, 0.15) is 15.2 Å². The highest BCUT2D eigenvalue weighted by Gasteiger charge is 2.34. The number of benzene rings is 2. The van der Waals surface area contributed by atoms with Gasteiger partial charge in [0.2, 0.25) is 0 Å². The van der Waals surface area contributed by atoms with E-state index in [0.717, 1.165) is 21.5 Å². The van der Waals surface area contributed by atoms with Crippen molar-refractivity contribution in [3.63, 3.8) is 0 Å². The average molecular weight is 451 g/mol. The van der Waals surface area contributed by atoms with Crippen LogP contribution in [0.25, 0.3) is 6.08 Å². The second kappa shape index (κ2) is 9.63. The zero-order valence-corrected chi connectivity index (χ0v) is 17.9. The molecule has 1 aromatic heterocycles. The molecule has 0 aliphatic carbocycles. The lowest BCUT2D eigenvalue weighted by molar-refractivity contribution is -0.122. The Morgan fingerprint density at radius 1 is 1.00 bits per heavy atom.